The molecule has 7 nitrogen and oxygen atoms in total. The second-order valence-electron chi connectivity index (χ2n) is 13.5. The molecule has 7 rings (SSSR count). The lowest BCUT2D eigenvalue weighted by molar-refractivity contribution is -0.142. The minimum atomic E-state index is -3.57. The quantitative estimate of drug-likeness (QED) is 0.407. The summed E-state index contributed by atoms with van der Waals surface area (Å²) in [5.74, 6) is 1.85. The van der Waals surface area contributed by atoms with Crippen molar-refractivity contribution in [3.63, 3.8) is 0 Å². The molecular weight excluding hydrogens is 536 g/mol. The van der Waals surface area contributed by atoms with Crippen LogP contribution in [0.5, 0.6) is 5.75 Å². The van der Waals surface area contributed by atoms with E-state index in [2.05, 4.69) is 36.9 Å². The van der Waals surface area contributed by atoms with Gasteiger partial charge in [0.1, 0.15) is 18.0 Å². The van der Waals surface area contributed by atoms with Crippen LogP contribution < -0.4 is 4.74 Å². The first-order valence-corrected chi connectivity index (χ1v) is 17.0. The Kier molecular flexibility index (Phi) is 6.75. The molecule has 7 atom stereocenters. The van der Waals surface area contributed by atoms with Crippen molar-refractivity contribution in [1.82, 2.24) is 9.21 Å². The number of benzene rings is 2. The Morgan fingerprint density at radius 3 is 2.71 bits per heavy atom. The standard InChI is InChI=1S/C33H42N2O5S/c1-21(2)18-35(41(37,38)20-23-8-5-4-6-9-23)27-13-12-26-28-16-24-10-7-11-29-31(24)33(26,32(27)40-29)14-15-34(28)19-25-17-30(25)39-22(3)36/h4-11,21,25-28,30,32H,12-20H2,1-3H3/t25?,26-,27+,28+,30?,32-,33-/m0/s1. The molecule has 8 heteroatoms. The molecule has 0 amide bonds. The fourth-order valence-corrected chi connectivity index (χ4v) is 10.8. The number of carbonyl (C=O) groups is 1. The van der Waals surface area contributed by atoms with Crippen molar-refractivity contribution < 1.29 is 22.7 Å². The van der Waals surface area contributed by atoms with Gasteiger partial charge in [0.05, 0.1) is 11.8 Å². The minimum Gasteiger partial charge on any atom is -0.487 e. The summed E-state index contributed by atoms with van der Waals surface area (Å²) >= 11 is 0. The summed E-state index contributed by atoms with van der Waals surface area (Å²) in [6, 6.07) is 16.2. The maximum atomic E-state index is 14.1. The molecule has 2 aromatic carbocycles. The fraction of sp³-hybridized carbons (Fsp3) is 0.606. The number of nitrogens with zero attached hydrogens (tertiary/aromatic N) is 2. The van der Waals surface area contributed by atoms with Gasteiger partial charge in [-0.25, -0.2) is 8.42 Å². The SMILES string of the molecule is CC(=O)OC1CC1CN1CC[C@]23c4c5cccc4O[C@H]2[C@H](N(CC(C)C)S(=O)(=O)Cc2ccccc2)CC[C@H]3[C@H]1C5. The van der Waals surface area contributed by atoms with E-state index < -0.39 is 10.0 Å². The molecule has 2 unspecified atom stereocenters. The van der Waals surface area contributed by atoms with E-state index in [9.17, 15) is 13.2 Å². The van der Waals surface area contributed by atoms with Crippen molar-refractivity contribution in [2.45, 2.75) is 88.3 Å². The van der Waals surface area contributed by atoms with Gasteiger partial charge in [-0.05, 0) is 67.7 Å². The normalized spacial score (nSPS) is 33.4. The lowest BCUT2D eigenvalue weighted by atomic mass is 9.51. The van der Waals surface area contributed by atoms with E-state index in [0.717, 1.165) is 56.5 Å². The Hall–Kier alpha value is -2.42. The predicted molar refractivity (Wildman–Crippen MR) is 157 cm³/mol. The van der Waals surface area contributed by atoms with Gasteiger partial charge >= 0.3 is 5.97 Å². The summed E-state index contributed by atoms with van der Waals surface area (Å²) in [5, 5.41) is 0. The van der Waals surface area contributed by atoms with E-state index >= 15 is 0 Å². The average molecular weight is 579 g/mol. The number of ether oxygens (including phenoxy) is 2. The van der Waals surface area contributed by atoms with Crippen LogP contribution in [-0.2, 0) is 37.1 Å². The molecular formula is C33H42N2O5S. The summed E-state index contributed by atoms with van der Waals surface area (Å²) in [6.45, 7) is 8.13. The molecule has 41 heavy (non-hydrogen) atoms. The molecule has 220 valence electrons. The molecule has 5 aliphatic rings. The van der Waals surface area contributed by atoms with Crippen LogP contribution in [0, 0.1) is 17.8 Å². The van der Waals surface area contributed by atoms with Crippen LogP contribution in [0.2, 0.25) is 0 Å². The zero-order valence-electron chi connectivity index (χ0n) is 24.4. The van der Waals surface area contributed by atoms with Crippen LogP contribution >= 0.6 is 0 Å². The number of piperidine rings is 1. The summed E-state index contributed by atoms with van der Waals surface area (Å²) < 4.78 is 42.5. The molecule has 3 aliphatic carbocycles. The Labute approximate surface area is 244 Å². The highest BCUT2D eigenvalue weighted by atomic mass is 32.2. The second kappa shape index (κ2) is 10.1. The lowest BCUT2D eigenvalue weighted by Crippen LogP contribution is -2.69. The second-order valence-corrected chi connectivity index (χ2v) is 15.4. The van der Waals surface area contributed by atoms with E-state index in [1.807, 2.05) is 34.6 Å². The highest BCUT2D eigenvalue weighted by Gasteiger charge is 2.66. The predicted octanol–water partition coefficient (Wildman–Crippen LogP) is 4.53. The zero-order valence-corrected chi connectivity index (χ0v) is 25.2. The van der Waals surface area contributed by atoms with Crippen LogP contribution in [0.1, 0.15) is 63.1 Å². The van der Waals surface area contributed by atoms with Gasteiger partial charge in [-0.3, -0.25) is 9.69 Å². The van der Waals surface area contributed by atoms with Crippen molar-refractivity contribution in [2.75, 3.05) is 19.6 Å². The summed E-state index contributed by atoms with van der Waals surface area (Å²) in [6.07, 6.45) is 4.61. The van der Waals surface area contributed by atoms with Gasteiger partial charge in [0, 0.05) is 43.0 Å². The molecule has 0 radical (unpaired) electrons. The van der Waals surface area contributed by atoms with Crippen LogP contribution in [0.4, 0.5) is 0 Å². The maximum Gasteiger partial charge on any atom is 0.302 e. The first-order chi connectivity index (χ1) is 19.7. The molecule has 2 heterocycles. The number of likely N-dealkylation sites (tertiary alicyclic amines) is 1. The largest absolute Gasteiger partial charge is 0.487 e. The zero-order chi connectivity index (χ0) is 28.5. The third-order valence-corrected chi connectivity index (χ3v) is 12.2. The molecule has 2 saturated carbocycles. The van der Waals surface area contributed by atoms with E-state index in [0.29, 0.717) is 24.4 Å². The molecule has 0 N–H and O–H groups in total. The third kappa shape index (κ3) is 4.61. The molecule has 1 saturated heterocycles. The first-order valence-electron chi connectivity index (χ1n) is 15.4. The van der Waals surface area contributed by atoms with Crippen LogP contribution in [0.25, 0.3) is 0 Å². The van der Waals surface area contributed by atoms with E-state index in [-0.39, 0.29) is 41.3 Å². The van der Waals surface area contributed by atoms with Gasteiger partial charge in [-0.1, -0.05) is 56.3 Å². The lowest BCUT2D eigenvalue weighted by Gasteiger charge is -2.60. The number of carbonyl (C=O) groups excluding carboxylic acids is 1. The highest BCUT2D eigenvalue weighted by Crippen LogP contribution is 2.63. The van der Waals surface area contributed by atoms with Gasteiger partial charge in [-0.2, -0.15) is 4.31 Å². The number of esters is 1. The Bertz CT molecular complexity index is 1430. The maximum absolute atomic E-state index is 14.1. The number of rotatable bonds is 9. The fourth-order valence-electron chi connectivity index (χ4n) is 8.84. The van der Waals surface area contributed by atoms with Gasteiger partial charge < -0.3 is 9.47 Å². The Balaban J connectivity index is 1.22. The number of hydrogen-bond donors (Lipinski definition) is 0. The molecule has 2 bridgehead atoms. The Morgan fingerprint density at radius 1 is 1.15 bits per heavy atom. The molecule has 2 aromatic rings. The number of sulfonamides is 1. The molecule has 0 aromatic heterocycles. The van der Waals surface area contributed by atoms with E-state index in [1.54, 1.807) is 0 Å². The highest BCUT2D eigenvalue weighted by molar-refractivity contribution is 7.88. The molecule has 1 spiro atoms. The van der Waals surface area contributed by atoms with Crippen LogP contribution in [-0.4, -0.2) is 67.5 Å². The smallest absolute Gasteiger partial charge is 0.302 e. The topological polar surface area (TPSA) is 76.2 Å². The summed E-state index contributed by atoms with van der Waals surface area (Å²) in [4.78, 5) is 14.2. The minimum absolute atomic E-state index is 0.0136. The molecule has 3 fully saturated rings. The van der Waals surface area contributed by atoms with Crippen molar-refractivity contribution in [3.8, 4) is 5.75 Å². The van der Waals surface area contributed by atoms with Crippen molar-refractivity contribution >= 4 is 16.0 Å². The summed E-state index contributed by atoms with van der Waals surface area (Å²) in [5.41, 5.74) is 3.39. The van der Waals surface area contributed by atoms with Crippen LogP contribution in [0.15, 0.2) is 48.5 Å². The van der Waals surface area contributed by atoms with Crippen LogP contribution in [0.3, 0.4) is 0 Å². The summed E-state index contributed by atoms with van der Waals surface area (Å²) in [7, 11) is -3.57. The van der Waals surface area contributed by atoms with Crippen molar-refractivity contribution in [2.24, 2.45) is 17.8 Å². The number of hydrogen-bond acceptors (Lipinski definition) is 6. The van der Waals surface area contributed by atoms with Gasteiger partial charge in [0.2, 0.25) is 10.0 Å². The third-order valence-electron chi connectivity index (χ3n) is 10.4. The van der Waals surface area contributed by atoms with Gasteiger partial charge in [0.15, 0.2) is 0 Å². The van der Waals surface area contributed by atoms with Gasteiger partial charge in [0.25, 0.3) is 0 Å². The average Bonchev–Trinajstić information content (AvgIpc) is 3.54. The van der Waals surface area contributed by atoms with E-state index in [4.69, 9.17) is 9.47 Å². The van der Waals surface area contributed by atoms with Gasteiger partial charge in [-0.15, -0.1) is 0 Å². The van der Waals surface area contributed by atoms with E-state index in [1.165, 1.54) is 18.1 Å². The monoisotopic (exact) mass is 578 g/mol. The van der Waals surface area contributed by atoms with Crippen molar-refractivity contribution in [1.29, 1.82) is 0 Å². The molecule has 2 aliphatic heterocycles. The Morgan fingerprint density at radius 2 is 1.95 bits per heavy atom. The van der Waals surface area contributed by atoms with Crippen molar-refractivity contribution in [3.05, 3.63) is 65.2 Å². The first kappa shape index (κ1) is 27.4.